The van der Waals surface area contributed by atoms with Crippen molar-refractivity contribution in [2.45, 2.75) is 0 Å². The van der Waals surface area contributed by atoms with Gasteiger partial charge in [-0.2, -0.15) is 0 Å². The Labute approximate surface area is 151 Å². The van der Waals surface area contributed by atoms with Gasteiger partial charge in [0.15, 0.2) is 6.61 Å². The second kappa shape index (κ2) is 8.32. The molecule has 130 valence electrons. The Morgan fingerprint density at radius 1 is 1.08 bits per heavy atom. The molecule has 0 unspecified atom stereocenters. The van der Waals surface area contributed by atoms with Crippen LogP contribution in [-0.2, 0) is 4.79 Å². The first-order chi connectivity index (χ1) is 11.9. The lowest BCUT2D eigenvalue weighted by Gasteiger charge is -2.09. The Hall–Kier alpha value is -2.84. The zero-order valence-corrected chi connectivity index (χ0v) is 14.0. The van der Waals surface area contributed by atoms with E-state index < -0.39 is 23.3 Å². The predicted octanol–water partition coefficient (Wildman–Crippen LogP) is 2.74. The molecule has 0 radical (unpaired) electrons. The highest BCUT2D eigenvalue weighted by molar-refractivity contribution is 6.32. The van der Waals surface area contributed by atoms with E-state index in [0.29, 0.717) is 10.6 Å². The molecule has 2 rings (SSSR count). The molecule has 0 saturated heterocycles. The van der Waals surface area contributed by atoms with Crippen molar-refractivity contribution in [2.24, 2.45) is 0 Å². The molecule has 2 N–H and O–H groups in total. The number of nitro benzene ring substituents is 1. The number of carbonyl (C=O) groups is 2. The van der Waals surface area contributed by atoms with E-state index in [0.717, 1.165) is 6.07 Å². The smallest absolute Gasteiger partial charge is 0.276 e. The summed E-state index contributed by atoms with van der Waals surface area (Å²) in [5.74, 6) is -1.07. The third-order valence-electron chi connectivity index (χ3n) is 2.91. The van der Waals surface area contributed by atoms with Gasteiger partial charge in [-0.15, -0.1) is 0 Å². The fourth-order valence-electron chi connectivity index (χ4n) is 1.70. The third kappa shape index (κ3) is 5.33. The summed E-state index contributed by atoms with van der Waals surface area (Å²) >= 11 is 11.6. The number of nitrogens with one attached hydrogen (secondary N) is 2. The Morgan fingerprint density at radius 3 is 2.36 bits per heavy atom. The van der Waals surface area contributed by atoms with Crippen molar-refractivity contribution >= 4 is 40.7 Å². The van der Waals surface area contributed by atoms with Crippen molar-refractivity contribution < 1.29 is 19.2 Å². The number of hydrogen-bond acceptors (Lipinski definition) is 5. The number of non-ortho nitro benzene ring substituents is 1. The summed E-state index contributed by atoms with van der Waals surface area (Å²) in [6.45, 7) is -0.446. The van der Waals surface area contributed by atoms with Crippen LogP contribution in [0.15, 0.2) is 42.5 Å². The van der Waals surface area contributed by atoms with Gasteiger partial charge in [-0.25, -0.2) is 0 Å². The molecule has 10 heteroatoms. The lowest BCUT2D eigenvalue weighted by atomic mass is 10.2. The second-order valence-corrected chi connectivity index (χ2v) is 5.51. The zero-order valence-electron chi connectivity index (χ0n) is 12.5. The van der Waals surface area contributed by atoms with Gasteiger partial charge in [0.25, 0.3) is 17.5 Å². The number of halogens is 2. The van der Waals surface area contributed by atoms with Gasteiger partial charge in [0.1, 0.15) is 5.75 Å². The van der Waals surface area contributed by atoms with E-state index in [-0.39, 0.29) is 16.5 Å². The van der Waals surface area contributed by atoms with Crippen molar-refractivity contribution in [3.05, 3.63) is 68.2 Å². The van der Waals surface area contributed by atoms with Gasteiger partial charge in [-0.05, 0) is 30.3 Å². The zero-order chi connectivity index (χ0) is 18.4. The van der Waals surface area contributed by atoms with Gasteiger partial charge in [0.05, 0.1) is 9.95 Å². The highest BCUT2D eigenvalue weighted by Crippen LogP contribution is 2.28. The number of ether oxygens (including phenoxy) is 1. The predicted molar refractivity (Wildman–Crippen MR) is 90.7 cm³/mol. The Bertz CT molecular complexity index is 811. The maximum absolute atomic E-state index is 11.8. The number of carbonyl (C=O) groups excluding carboxylic acids is 2. The molecule has 0 heterocycles. The highest BCUT2D eigenvalue weighted by Gasteiger charge is 2.12. The molecule has 0 aliphatic heterocycles. The van der Waals surface area contributed by atoms with E-state index in [4.69, 9.17) is 27.9 Å². The van der Waals surface area contributed by atoms with Crippen LogP contribution in [-0.4, -0.2) is 23.3 Å². The topological polar surface area (TPSA) is 111 Å². The first kappa shape index (κ1) is 18.5. The minimum absolute atomic E-state index is 0.00722. The van der Waals surface area contributed by atoms with E-state index in [9.17, 15) is 19.7 Å². The lowest BCUT2D eigenvalue weighted by Crippen LogP contribution is -2.43. The first-order valence-electron chi connectivity index (χ1n) is 6.78. The molecule has 2 aromatic carbocycles. The SMILES string of the molecule is O=C(COc1ccc([N+](=O)[O-])cc1Cl)NNC(=O)c1ccc(Cl)cc1. The monoisotopic (exact) mass is 383 g/mol. The van der Waals surface area contributed by atoms with Crippen LogP contribution in [0.2, 0.25) is 10.0 Å². The van der Waals surface area contributed by atoms with Crippen LogP contribution in [0.3, 0.4) is 0 Å². The van der Waals surface area contributed by atoms with Gasteiger partial charge in [0.2, 0.25) is 0 Å². The average Bonchev–Trinajstić information content (AvgIpc) is 2.59. The van der Waals surface area contributed by atoms with Crippen molar-refractivity contribution in [3.63, 3.8) is 0 Å². The fraction of sp³-hybridized carbons (Fsp3) is 0.0667. The van der Waals surface area contributed by atoms with E-state index in [1.807, 2.05) is 0 Å². The molecule has 0 saturated carbocycles. The summed E-state index contributed by atoms with van der Waals surface area (Å²) < 4.78 is 5.15. The number of nitro groups is 1. The number of benzene rings is 2. The van der Waals surface area contributed by atoms with E-state index >= 15 is 0 Å². The Balaban J connectivity index is 1.83. The maximum Gasteiger partial charge on any atom is 0.276 e. The average molecular weight is 384 g/mol. The normalized spacial score (nSPS) is 10.0. The quantitative estimate of drug-likeness (QED) is 0.608. The molecule has 25 heavy (non-hydrogen) atoms. The third-order valence-corrected chi connectivity index (χ3v) is 3.45. The number of nitrogens with zero attached hydrogens (tertiary/aromatic N) is 1. The fourth-order valence-corrected chi connectivity index (χ4v) is 2.05. The standard InChI is InChI=1S/C15H11Cl2N3O5/c16-10-3-1-9(2-4-10)15(22)19-18-14(21)8-25-13-6-5-11(20(23)24)7-12(13)17/h1-7H,8H2,(H,18,21)(H,19,22). The van der Waals surface area contributed by atoms with Crippen molar-refractivity contribution in [3.8, 4) is 5.75 Å². The van der Waals surface area contributed by atoms with Gasteiger partial charge in [-0.3, -0.25) is 30.6 Å². The summed E-state index contributed by atoms with van der Waals surface area (Å²) in [5.41, 5.74) is 4.49. The number of rotatable bonds is 5. The van der Waals surface area contributed by atoms with E-state index in [2.05, 4.69) is 10.9 Å². The van der Waals surface area contributed by atoms with Crippen molar-refractivity contribution in [1.29, 1.82) is 0 Å². The first-order valence-corrected chi connectivity index (χ1v) is 7.54. The van der Waals surface area contributed by atoms with Crippen LogP contribution in [0, 0.1) is 10.1 Å². The molecular formula is C15H11Cl2N3O5. The van der Waals surface area contributed by atoms with Crippen LogP contribution in [0.25, 0.3) is 0 Å². The Kier molecular flexibility index (Phi) is 6.15. The molecule has 0 aliphatic rings. The molecule has 0 spiro atoms. The van der Waals surface area contributed by atoms with Gasteiger partial charge in [-0.1, -0.05) is 23.2 Å². The minimum Gasteiger partial charge on any atom is -0.482 e. The molecule has 2 amide bonds. The molecule has 0 aromatic heterocycles. The van der Waals surface area contributed by atoms with Crippen LogP contribution < -0.4 is 15.6 Å². The molecule has 0 atom stereocenters. The molecular weight excluding hydrogens is 373 g/mol. The molecule has 0 fully saturated rings. The summed E-state index contributed by atoms with van der Waals surface area (Å²) in [5, 5.41) is 11.1. The Morgan fingerprint density at radius 2 is 1.76 bits per heavy atom. The summed E-state index contributed by atoms with van der Waals surface area (Å²) in [6.07, 6.45) is 0. The van der Waals surface area contributed by atoms with Crippen LogP contribution in [0.4, 0.5) is 5.69 Å². The van der Waals surface area contributed by atoms with Crippen LogP contribution in [0.1, 0.15) is 10.4 Å². The largest absolute Gasteiger partial charge is 0.482 e. The number of hydrazine groups is 1. The van der Waals surface area contributed by atoms with Gasteiger partial charge >= 0.3 is 0 Å². The molecule has 2 aromatic rings. The van der Waals surface area contributed by atoms with Crippen molar-refractivity contribution in [2.75, 3.05) is 6.61 Å². The highest BCUT2D eigenvalue weighted by atomic mass is 35.5. The maximum atomic E-state index is 11.8. The molecule has 8 nitrogen and oxygen atoms in total. The van der Waals surface area contributed by atoms with E-state index in [1.54, 1.807) is 0 Å². The van der Waals surface area contributed by atoms with Crippen molar-refractivity contribution in [1.82, 2.24) is 10.9 Å². The number of amides is 2. The molecule has 0 bridgehead atoms. The van der Waals surface area contributed by atoms with Gasteiger partial charge in [0, 0.05) is 22.7 Å². The summed E-state index contributed by atoms with van der Waals surface area (Å²) in [7, 11) is 0. The summed E-state index contributed by atoms with van der Waals surface area (Å²) in [6, 6.07) is 9.66. The number of hydrogen-bond donors (Lipinski definition) is 2. The van der Waals surface area contributed by atoms with Crippen LogP contribution >= 0.6 is 23.2 Å². The minimum atomic E-state index is -0.642. The molecule has 0 aliphatic carbocycles. The summed E-state index contributed by atoms with van der Waals surface area (Å²) in [4.78, 5) is 33.5. The second-order valence-electron chi connectivity index (χ2n) is 4.67. The van der Waals surface area contributed by atoms with Gasteiger partial charge < -0.3 is 4.74 Å². The van der Waals surface area contributed by atoms with E-state index in [1.165, 1.54) is 36.4 Å². The van der Waals surface area contributed by atoms with Crippen LogP contribution in [0.5, 0.6) is 5.75 Å². The lowest BCUT2D eigenvalue weighted by molar-refractivity contribution is -0.384.